The second-order valence-corrected chi connectivity index (χ2v) is 4.70. The largest absolute Gasteiger partial charge is 0.476 e. The molecule has 0 saturated heterocycles. The van der Waals surface area contributed by atoms with Crippen LogP contribution >= 0.6 is 0 Å². The van der Waals surface area contributed by atoms with Crippen LogP contribution in [-0.4, -0.2) is 17.1 Å². The molecule has 1 aromatic carbocycles. The number of rotatable bonds is 5. The summed E-state index contributed by atoms with van der Waals surface area (Å²) in [5.74, 6) is 0.644. The van der Waals surface area contributed by atoms with E-state index in [0.29, 0.717) is 12.5 Å². The van der Waals surface area contributed by atoms with Gasteiger partial charge in [0.2, 0.25) is 5.88 Å². The second kappa shape index (κ2) is 5.36. The van der Waals surface area contributed by atoms with E-state index in [1.54, 1.807) is 0 Å². The Labute approximate surface area is 108 Å². The molecular weight excluding hydrogens is 224 g/mol. The molecule has 0 bridgehead atoms. The summed E-state index contributed by atoms with van der Waals surface area (Å²) in [6.07, 6.45) is 1.80. The zero-order chi connectivity index (χ0) is 13.0. The predicted molar refractivity (Wildman–Crippen MR) is 74.7 cm³/mol. The molecule has 0 saturated carbocycles. The first-order valence-electron chi connectivity index (χ1n) is 6.44. The van der Waals surface area contributed by atoms with E-state index in [1.807, 2.05) is 36.4 Å². The van der Waals surface area contributed by atoms with Gasteiger partial charge in [-0.25, -0.2) is 4.98 Å². The third-order valence-electron chi connectivity index (χ3n) is 3.49. The highest BCUT2D eigenvalue weighted by molar-refractivity contribution is 5.78. The van der Waals surface area contributed by atoms with Crippen LogP contribution in [0.25, 0.3) is 10.9 Å². The Kier molecular flexibility index (Phi) is 3.82. The van der Waals surface area contributed by atoms with Gasteiger partial charge in [0.25, 0.3) is 0 Å². The average Bonchev–Trinajstić information content (AvgIpc) is 2.44. The van der Waals surface area contributed by atoms with Gasteiger partial charge in [0.05, 0.1) is 5.52 Å². The summed E-state index contributed by atoms with van der Waals surface area (Å²) in [5.41, 5.74) is 6.90. The normalized spacial score (nSPS) is 11.7. The fraction of sp³-hybridized carbons (Fsp3) is 0.400. The summed E-state index contributed by atoms with van der Waals surface area (Å²) in [4.78, 5) is 4.47. The van der Waals surface area contributed by atoms with E-state index in [-0.39, 0.29) is 5.54 Å². The van der Waals surface area contributed by atoms with Crippen molar-refractivity contribution < 1.29 is 4.74 Å². The van der Waals surface area contributed by atoms with Crippen LogP contribution in [0.1, 0.15) is 26.7 Å². The number of benzene rings is 1. The lowest BCUT2D eigenvalue weighted by Gasteiger charge is -2.26. The van der Waals surface area contributed by atoms with Gasteiger partial charge in [-0.1, -0.05) is 32.0 Å². The Hall–Kier alpha value is -1.61. The van der Waals surface area contributed by atoms with Crippen LogP contribution in [0.5, 0.6) is 5.88 Å². The lowest BCUT2D eigenvalue weighted by atomic mass is 9.96. The molecule has 2 aromatic rings. The van der Waals surface area contributed by atoms with Crippen LogP contribution in [0.3, 0.4) is 0 Å². The molecule has 1 aromatic heterocycles. The molecule has 0 aliphatic rings. The van der Waals surface area contributed by atoms with Gasteiger partial charge in [-0.15, -0.1) is 0 Å². The highest BCUT2D eigenvalue weighted by Gasteiger charge is 2.21. The Morgan fingerprint density at radius 3 is 2.56 bits per heavy atom. The number of pyridine rings is 1. The fourth-order valence-corrected chi connectivity index (χ4v) is 1.80. The molecule has 18 heavy (non-hydrogen) atoms. The first-order valence-corrected chi connectivity index (χ1v) is 6.44. The zero-order valence-electron chi connectivity index (χ0n) is 11.0. The van der Waals surface area contributed by atoms with Crippen molar-refractivity contribution in [2.24, 2.45) is 5.73 Å². The van der Waals surface area contributed by atoms with Crippen molar-refractivity contribution in [3.8, 4) is 5.88 Å². The summed E-state index contributed by atoms with van der Waals surface area (Å²) in [7, 11) is 0. The fourth-order valence-electron chi connectivity index (χ4n) is 1.80. The van der Waals surface area contributed by atoms with Gasteiger partial charge in [-0.05, 0) is 25.0 Å². The number of hydrogen-bond acceptors (Lipinski definition) is 3. The number of aromatic nitrogens is 1. The second-order valence-electron chi connectivity index (χ2n) is 4.70. The SMILES string of the molecule is CCC(N)(CC)COc1ccc2ccccc2n1. The number of nitrogens with zero attached hydrogens (tertiary/aromatic N) is 1. The summed E-state index contributed by atoms with van der Waals surface area (Å²) >= 11 is 0. The lowest BCUT2D eigenvalue weighted by molar-refractivity contribution is 0.201. The molecule has 0 spiro atoms. The van der Waals surface area contributed by atoms with E-state index in [2.05, 4.69) is 18.8 Å². The third-order valence-corrected chi connectivity index (χ3v) is 3.49. The maximum Gasteiger partial charge on any atom is 0.213 e. The van der Waals surface area contributed by atoms with E-state index in [4.69, 9.17) is 10.5 Å². The Morgan fingerprint density at radius 1 is 1.11 bits per heavy atom. The number of hydrogen-bond donors (Lipinski definition) is 1. The molecule has 0 aliphatic heterocycles. The van der Waals surface area contributed by atoms with Crippen LogP contribution < -0.4 is 10.5 Å². The first-order chi connectivity index (χ1) is 8.67. The van der Waals surface area contributed by atoms with E-state index in [0.717, 1.165) is 23.7 Å². The summed E-state index contributed by atoms with van der Waals surface area (Å²) in [5, 5.41) is 1.12. The van der Waals surface area contributed by atoms with Gasteiger partial charge in [0.1, 0.15) is 6.61 Å². The third kappa shape index (κ3) is 2.79. The molecular formula is C15H20N2O. The molecule has 0 aliphatic carbocycles. The zero-order valence-corrected chi connectivity index (χ0v) is 11.0. The number of para-hydroxylation sites is 1. The molecule has 3 heteroatoms. The van der Waals surface area contributed by atoms with E-state index >= 15 is 0 Å². The standard InChI is InChI=1S/C15H20N2O/c1-3-15(16,4-2)11-18-14-10-9-12-7-5-6-8-13(12)17-14/h5-10H,3-4,11,16H2,1-2H3. The summed E-state index contributed by atoms with van der Waals surface area (Å²) in [6, 6.07) is 11.9. The maximum absolute atomic E-state index is 6.20. The van der Waals surface area contributed by atoms with Crippen molar-refractivity contribution in [2.75, 3.05) is 6.61 Å². The molecule has 0 amide bonds. The van der Waals surface area contributed by atoms with Crippen LogP contribution in [-0.2, 0) is 0 Å². The minimum atomic E-state index is -0.257. The highest BCUT2D eigenvalue weighted by atomic mass is 16.5. The molecule has 1 heterocycles. The molecule has 96 valence electrons. The molecule has 0 atom stereocenters. The Bertz CT molecular complexity index is 521. The van der Waals surface area contributed by atoms with Crippen LogP contribution in [0.15, 0.2) is 36.4 Å². The average molecular weight is 244 g/mol. The summed E-state index contributed by atoms with van der Waals surface area (Å²) in [6.45, 7) is 4.67. The van der Waals surface area contributed by atoms with Crippen molar-refractivity contribution in [3.05, 3.63) is 36.4 Å². The van der Waals surface area contributed by atoms with Crippen LogP contribution in [0.2, 0.25) is 0 Å². The van der Waals surface area contributed by atoms with Gasteiger partial charge in [-0.3, -0.25) is 0 Å². The van der Waals surface area contributed by atoms with Gasteiger partial charge in [-0.2, -0.15) is 0 Å². The van der Waals surface area contributed by atoms with E-state index in [1.165, 1.54) is 0 Å². The topological polar surface area (TPSA) is 48.1 Å². The Morgan fingerprint density at radius 2 is 1.83 bits per heavy atom. The van der Waals surface area contributed by atoms with Crippen molar-refractivity contribution in [2.45, 2.75) is 32.2 Å². The minimum absolute atomic E-state index is 0.257. The lowest BCUT2D eigenvalue weighted by Crippen LogP contribution is -2.44. The number of nitrogens with two attached hydrogens (primary N) is 1. The maximum atomic E-state index is 6.20. The van der Waals surface area contributed by atoms with E-state index < -0.39 is 0 Å². The molecule has 0 unspecified atom stereocenters. The molecule has 2 N–H and O–H groups in total. The molecule has 3 nitrogen and oxygen atoms in total. The van der Waals surface area contributed by atoms with Crippen molar-refractivity contribution >= 4 is 10.9 Å². The van der Waals surface area contributed by atoms with Gasteiger partial charge >= 0.3 is 0 Å². The summed E-state index contributed by atoms with van der Waals surface area (Å²) < 4.78 is 5.72. The van der Waals surface area contributed by atoms with Crippen molar-refractivity contribution in [3.63, 3.8) is 0 Å². The van der Waals surface area contributed by atoms with Gasteiger partial charge < -0.3 is 10.5 Å². The number of fused-ring (bicyclic) bond motifs is 1. The van der Waals surface area contributed by atoms with Gasteiger partial charge in [0, 0.05) is 17.0 Å². The predicted octanol–water partition coefficient (Wildman–Crippen LogP) is 3.13. The first kappa shape index (κ1) is 12.8. The minimum Gasteiger partial charge on any atom is -0.476 e. The van der Waals surface area contributed by atoms with E-state index in [9.17, 15) is 0 Å². The quantitative estimate of drug-likeness (QED) is 0.879. The van der Waals surface area contributed by atoms with Crippen LogP contribution in [0, 0.1) is 0 Å². The van der Waals surface area contributed by atoms with Crippen molar-refractivity contribution in [1.29, 1.82) is 0 Å². The smallest absolute Gasteiger partial charge is 0.213 e. The van der Waals surface area contributed by atoms with Gasteiger partial charge in [0.15, 0.2) is 0 Å². The van der Waals surface area contributed by atoms with Crippen LogP contribution in [0.4, 0.5) is 0 Å². The Balaban J connectivity index is 2.12. The number of ether oxygens (including phenoxy) is 1. The molecule has 0 radical (unpaired) electrons. The highest BCUT2D eigenvalue weighted by Crippen LogP contribution is 2.18. The molecule has 0 fully saturated rings. The monoisotopic (exact) mass is 244 g/mol. The molecule has 2 rings (SSSR count). The van der Waals surface area contributed by atoms with Crippen molar-refractivity contribution in [1.82, 2.24) is 4.98 Å².